The molecule has 4 nitrogen and oxygen atoms in total. The minimum atomic E-state index is 0.0659. The summed E-state index contributed by atoms with van der Waals surface area (Å²) in [7, 11) is 0. The number of hydrogen-bond donors (Lipinski definition) is 1. The number of aromatic amines is 1. The van der Waals surface area contributed by atoms with E-state index in [2.05, 4.69) is 21.9 Å². The van der Waals surface area contributed by atoms with E-state index >= 15 is 0 Å². The first-order valence-electron chi connectivity index (χ1n) is 8.37. The van der Waals surface area contributed by atoms with E-state index in [0.717, 1.165) is 32.4 Å². The van der Waals surface area contributed by atoms with Crippen LogP contribution in [0.2, 0.25) is 0 Å². The SMILES string of the molecule is CC(c1cnc(-c2ccncc2)[nH]1)c1ccc(C(=O)c2ccccc2)s1. The number of thiophene rings is 1. The van der Waals surface area contributed by atoms with Crippen LogP contribution >= 0.6 is 11.3 Å². The molecule has 0 aliphatic heterocycles. The fraction of sp³-hybridized carbons (Fsp3) is 0.0952. The van der Waals surface area contributed by atoms with Crippen molar-refractivity contribution in [3.63, 3.8) is 0 Å². The van der Waals surface area contributed by atoms with E-state index in [0.29, 0.717) is 0 Å². The summed E-state index contributed by atoms with van der Waals surface area (Å²) in [6.07, 6.45) is 5.36. The average Bonchev–Trinajstić information content (AvgIpc) is 3.38. The van der Waals surface area contributed by atoms with E-state index in [1.54, 1.807) is 12.4 Å². The zero-order chi connectivity index (χ0) is 17.9. The van der Waals surface area contributed by atoms with Crippen molar-refractivity contribution in [1.29, 1.82) is 0 Å². The van der Waals surface area contributed by atoms with Crippen LogP contribution in [-0.2, 0) is 0 Å². The predicted molar refractivity (Wildman–Crippen MR) is 104 cm³/mol. The van der Waals surface area contributed by atoms with Gasteiger partial charge in [-0.1, -0.05) is 37.3 Å². The summed E-state index contributed by atoms with van der Waals surface area (Å²) in [5.41, 5.74) is 2.75. The number of carbonyl (C=O) groups excluding carboxylic acids is 1. The topological polar surface area (TPSA) is 58.6 Å². The van der Waals surface area contributed by atoms with Crippen molar-refractivity contribution in [2.75, 3.05) is 0 Å². The van der Waals surface area contributed by atoms with Gasteiger partial charge in [0, 0.05) is 46.2 Å². The van der Waals surface area contributed by atoms with Crippen molar-refractivity contribution >= 4 is 17.1 Å². The van der Waals surface area contributed by atoms with Gasteiger partial charge in [-0.25, -0.2) is 4.98 Å². The molecule has 3 heterocycles. The fourth-order valence-electron chi connectivity index (χ4n) is 2.80. The van der Waals surface area contributed by atoms with Crippen LogP contribution in [-0.4, -0.2) is 20.7 Å². The number of pyridine rings is 1. The quantitative estimate of drug-likeness (QED) is 0.515. The van der Waals surface area contributed by atoms with Gasteiger partial charge in [-0.15, -0.1) is 11.3 Å². The number of benzene rings is 1. The molecule has 26 heavy (non-hydrogen) atoms. The van der Waals surface area contributed by atoms with E-state index in [9.17, 15) is 4.79 Å². The van der Waals surface area contributed by atoms with Crippen LogP contribution in [0.15, 0.2) is 73.2 Å². The number of ketones is 1. The first-order valence-corrected chi connectivity index (χ1v) is 9.19. The lowest BCUT2D eigenvalue weighted by atomic mass is 10.1. The summed E-state index contributed by atoms with van der Waals surface area (Å²) in [5, 5.41) is 0. The lowest BCUT2D eigenvalue weighted by Crippen LogP contribution is -1.97. The third-order valence-electron chi connectivity index (χ3n) is 4.33. The molecule has 4 aromatic rings. The van der Waals surface area contributed by atoms with Crippen LogP contribution in [0.1, 0.15) is 38.6 Å². The van der Waals surface area contributed by atoms with Crippen molar-refractivity contribution in [1.82, 2.24) is 15.0 Å². The van der Waals surface area contributed by atoms with Gasteiger partial charge in [-0.05, 0) is 24.3 Å². The van der Waals surface area contributed by atoms with Gasteiger partial charge < -0.3 is 4.98 Å². The minimum Gasteiger partial charge on any atom is -0.341 e. The van der Waals surface area contributed by atoms with Gasteiger partial charge in [-0.3, -0.25) is 9.78 Å². The van der Waals surface area contributed by atoms with E-state index in [1.807, 2.05) is 60.8 Å². The Labute approximate surface area is 155 Å². The molecule has 1 N–H and O–H groups in total. The Morgan fingerprint density at radius 3 is 2.58 bits per heavy atom. The van der Waals surface area contributed by atoms with Crippen molar-refractivity contribution in [2.45, 2.75) is 12.8 Å². The third-order valence-corrected chi connectivity index (χ3v) is 5.60. The van der Waals surface area contributed by atoms with Gasteiger partial charge >= 0.3 is 0 Å². The zero-order valence-corrected chi connectivity index (χ0v) is 15.0. The third kappa shape index (κ3) is 3.21. The molecular weight excluding hydrogens is 342 g/mol. The second-order valence-corrected chi connectivity index (χ2v) is 7.16. The maximum Gasteiger partial charge on any atom is 0.202 e. The number of rotatable bonds is 5. The highest BCUT2D eigenvalue weighted by Crippen LogP contribution is 2.31. The van der Waals surface area contributed by atoms with E-state index in [-0.39, 0.29) is 11.7 Å². The van der Waals surface area contributed by atoms with Crippen LogP contribution in [0.5, 0.6) is 0 Å². The van der Waals surface area contributed by atoms with Crippen molar-refractivity contribution in [3.8, 4) is 11.4 Å². The van der Waals surface area contributed by atoms with E-state index in [4.69, 9.17) is 0 Å². The number of H-pyrrole nitrogens is 1. The number of nitrogens with zero attached hydrogens (tertiary/aromatic N) is 2. The molecule has 1 atom stereocenters. The standard InChI is InChI=1S/C21H17N3OS/c1-14(17-13-23-21(24-17)16-9-11-22-12-10-16)18-7-8-19(26-18)20(25)15-5-3-2-4-6-15/h2-14H,1H3,(H,23,24). The molecule has 0 amide bonds. The number of hydrogen-bond acceptors (Lipinski definition) is 4. The van der Waals surface area contributed by atoms with Gasteiger partial charge in [0.15, 0.2) is 0 Å². The van der Waals surface area contributed by atoms with Gasteiger partial charge in [0.2, 0.25) is 5.78 Å². The molecule has 1 aromatic carbocycles. The molecule has 1 unspecified atom stereocenters. The molecule has 5 heteroatoms. The summed E-state index contributed by atoms with van der Waals surface area (Å²) < 4.78 is 0. The Morgan fingerprint density at radius 1 is 1.04 bits per heavy atom. The summed E-state index contributed by atoms with van der Waals surface area (Å²) in [6.45, 7) is 2.12. The Hall–Kier alpha value is -3.05. The van der Waals surface area contributed by atoms with Crippen molar-refractivity contribution in [3.05, 3.63) is 94.2 Å². The molecule has 0 aliphatic carbocycles. The molecule has 0 aliphatic rings. The van der Waals surface area contributed by atoms with Crippen molar-refractivity contribution < 1.29 is 4.79 Å². The molecule has 0 saturated carbocycles. The molecule has 3 aromatic heterocycles. The predicted octanol–water partition coefficient (Wildman–Crippen LogP) is 4.92. The highest BCUT2D eigenvalue weighted by Gasteiger charge is 2.17. The van der Waals surface area contributed by atoms with Crippen LogP contribution in [0.3, 0.4) is 0 Å². The first kappa shape index (κ1) is 16.4. The fourth-order valence-corrected chi connectivity index (χ4v) is 3.84. The molecule has 0 bridgehead atoms. The second kappa shape index (κ2) is 7.06. The average molecular weight is 359 g/mol. The van der Waals surface area contributed by atoms with Gasteiger partial charge in [0.05, 0.1) is 4.88 Å². The minimum absolute atomic E-state index is 0.0659. The summed E-state index contributed by atoms with van der Waals surface area (Å²) in [5.74, 6) is 1.03. The summed E-state index contributed by atoms with van der Waals surface area (Å²) in [4.78, 5) is 26.4. The summed E-state index contributed by atoms with van der Waals surface area (Å²) >= 11 is 1.54. The van der Waals surface area contributed by atoms with Gasteiger partial charge in [0.1, 0.15) is 5.82 Å². The molecule has 4 rings (SSSR count). The Kier molecular flexibility index (Phi) is 4.46. The maximum atomic E-state index is 12.6. The number of imidazole rings is 1. The lowest BCUT2D eigenvalue weighted by molar-refractivity contribution is 0.104. The zero-order valence-electron chi connectivity index (χ0n) is 14.2. The highest BCUT2D eigenvalue weighted by atomic mass is 32.1. The Morgan fingerprint density at radius 2 is 1.81 bits per heavy atom. The number of nitrogens with one attached hydrogen (secondary N) is 1. The van der Waals surface area contributed by atoms with Gasteiger partial charge in [-0.2, -0.15) is 0 Å². The second-order valence-electron chi connectivity index (χ2n) is 6.04. The largest absolute Gasteiger partial charge is 0.341 e. The molecule has 0 radical (unpaired) electrons. The van der Waals surface area contributed by atoms with Crippen LogP contribution in [0.25, 0.3) is 11.4 Å². The maximum absolute atomic E-state index is 12.6. The molecule has 0 fully saturated rings. The monoisotopic (exact) mass is 359 g/mol. The van der Waals surface area contributed by atoms with Crippen LogP contribution in [0.4, 0.5) is 0 Å². The van der Waals surface area contributed by atoms with E-state index < -0.39 is 0 Å². The Balaban J connectivity index is 1.56. The Bertz CT molecular complexity index is 1020. The van der Waals surface area contributed by atoms with Gasteiger partial charge in [0.25, 0.3) is 0 Å². The number of aromatic nitrogens is 3. The molecule has 128 valence electrons. The van der Waals surface area contributed by atoms with Crippen molar-refractivity contribution in [2.24, 2.45) is 0 Å². The summed E-state index contributed by atoms with van der Waals surface area (Å²) in [6, 6.07) is 17.2. The van der Waals surface area contributed by atoms with E-state index in [1.165, 1.54) is 11.3 Å². The number of carbonyl (C=O) groups is 1. The normalized spacial score (nSPS) is 12.0. The molecular formula is C21H17N3OS. The highest BCUT2D eigenvalue weighted by molar-refractivity contribution is 7.14. The molecule has 0 saturated heterocycles. The first-order chi connectivity index (χ1) is 12.7. The smallest absolute Gasteiger partial charge is 0.202 e. The molecule has 0 spiro atoms. The lowest BCUT2D eigenvalue weighted by Gasteiger charge is -2.06. The van der Waals surface area contributed by atoms with Crippen LogP contribution < -0.4 is 0 Å². The van der Waals surface area contributed by atoms with Crippen LogP contribution in [0, 0.1) is 0 Å².